The summed E-state index contributed by atoms with van der Waals surface area (Å²) in [5.74, 6) is -2.35. The largest absolute Gasteiger partial charge is 0.474 e. The third kappa shape index (κ3) is 1.98. The van der Waals surface area contributed by atoms with Crippen molar-refractivity contribution in [3.05, 3.63) is 35.4 Å². The van der Waals surface area contributed by atoms with Crippen molar-refractivity contribution in [1.82, 2.24) is 5.32 Å². The molecule has 78 valence electrons. The standard InChI is InChI=1S/C11H11NO3/c13-10(11(14)15)12-9-5-7-3-1-2-4-8(7)6-9/h1-4,9H,5-6H2,(H,12,13)(H,14,15). The lowest BCUT2D eigenvalue weighted by molar-refractivity contribution is -0.150. The van der Waals surface area contributed by atoms with Gasteiger partial charge in [0.2, 0.25) is 0 Å². The molecule has 2 N–H and O–H groups in total. The molecular weight excluding hydrogens is 194 g/mol. The molecule has 1 aliphatic carbocycles. The lowest BCUT2D eigenvalue weighted by Crippen LogP contribution is -2.39. The quantitative estimate of drug-likeness (QED) is 0.650. The number of carboxylic acid groups (broad SMARTS) is 1. The fraction of sp³-hybridized carbons (Fsp3) is 0.273. The van der Waals surface area contributed by atoms with Crippen LogP contribution in [-0.4, -0.2) is 23.0 Å². The van der Waals surface area contributed by atoms with Crippen molar-refractivity contribution in [3.63, 3.8) is 0 Å². The summed E-state index contributed by atoms with van der Waals surface area (Å²) in [5.41, 5.74) is 2.38. The van der Waals surface area contributed by atoms with Crippen molar-refractivity contribution in [3.8, 4) is 0 Å². The number of hydrogen-bond donors (Lipinski definition) is 2. The van der Waals surface area contributed by atoms with Crippen molar-refractivity contribution >= 4 is 11.9 Å². The van der Waals surface area contributed by atoms with Gasteiger partial charge in [0.25, 0.3) is 0 Å². The van der Waals surface area contributed by atoms with E-state index >= 15 is 0 Å². The molecule has 1 aromatic rings. The number of carbonyl (C=O) groups excluding carboxylic acids is 1. The third-order valence-electron chi connectivity index (χ3n) is 2.58. The van der Waals surface area contributed by atoms with Crippen LogP contribution in [0.3, 0.4) is 0 Å². The van der Waals surface area contributed by atoms with Crippen LogP contribution in [-0.2, 0) is 22.4 Å². The molecule has 4 nitrogen and oxygen atoms in total. The van der Waals surface area contributed by atoms with Crippen LogP contribution in [0.25, 0.3) is 0 Å². The summed E-state index contributed by atoms with van der Waals surface area (Å²) in [6, 6.07) is 7.82. The van der Waals surface area contributed by atoms with Gasteiger partial charge in [-0.1, -0.05) is 24.3 Å². The molecule has 0 saturated heterocycles. The van der Waals surface area contributed by atoms with Gasteiger partial charge in [-0.25, -0.2) is 4.79 Å². The Bertz CT molecular complexity index is 389. The number of amides is 1. The van der Waals surface area contributed by atoms with Crippen molar-refractivity contribution in [2.75, 3.05) is 0 Å². The van der Waals surface area contributed by atoms with E-state index < -0.39 is 11.9 Å². The number of fused-ring (bicyclic) bond motifs is 1. The zero-order valence-electron chi connectivity index (χ0n) is 8.06. The van der Waals surface area contributed by atoms with Gasteiger partial charge in [-0.15, -0.1) is 0 Å². The Morgan fingerprint density at radius 3 is 2.20 bits per heavy atom. The summed E-state index contributed by atoms with van der Waals surface area (Å²) in [5, 5.41) is 10.9. The van der Waals surface area contributed by atoms with Crippen molar-refractivity contribution in [2.24, 2.45) is 0 Å². The summed E-state index contributed by atoms with van der Waals surface area (Å²) in [7, 11) is 0. The smallest absolute Gasteiger partial charge is 0.394 e. The second-order valence-corrected chi connectivity index (χ2v) is 3.65. The molecule has 1 amide bonds. The number of carbonyl (C=O) groups is 2. The Kier molecular flexibility index (Phi) is 2.41. The Morgan fingerprint density at radius 2 is 1.73 bits per heavy atom. The van der Waals surface area contributed by atoms with Gasteiger partial charge in [0.1, 0.15) is 0 Å². The van der Waals surface area contributed by atoms with Crippen LogP contribution in [0.5, 0.6) is 0 Å². The minimum absolute atomic E-state index is 0.0778. The van der Waals surface area contributed by atoms with Crippen LogP contribution in [0.1, 0.15) is 11.1 Å². The molecule has 15 heavy (non-hydrogen) atoms. The Balaban J connectivity index is 2.02. The van der Waals surface area contributed by atoms with Crippen molar-refractivity contribution in [2.45, 2.75) is 18.9 Å². The Labute approximate surface area is 86.9 Å². The van der Waals surface area contributed by atoms with E-state index in [-0.39, 0.29) is 6.04 Å². The highest BCUT2D eigenvalue weighted by atomic mass is 16.4. The summed E-state index contributed by atoms with van der Waals surface area (Å²) in [6.45, 7) is 0. The molecule has 0 saturated carbocycles. The van der Waals surface area contributed by atoms with Gasteiger partial charge in [0.05, 0.1) is 0 Å². The molecule has 4 heteroatoms. The van der Waals surface area contributed by atoms with Gasteiger partial charge >= 0.3 is 11.9 Å². The second kappa shape index (κ2) is 3.73. The van der Waals surface area contributed by atoms with Gasteiger partial charge in [-0.2, -0.15) is 0 Å². The predicted octanol–water partition coefficient (Wildman–Crippen LogP) is 0.355. The van der Waals surface area contributed by atoms with E-state index in [9.17, 15) is 9.59 Å². The molecule has 0 radical (unpaired) electrons. The average molecular weight is 205 g/mol. The van der Waals surface area contributed by atoms with E-state index in [0.717, 1.165) is 12.8 Å². The Hall–Kier alpha value is -1.84. The Morgan fingerprint density at radius 1 is 1.20 bits per heavy atom. The van der Waals surface area contributed by atoms with Gasteiger partial charge in [-0.3, -0.25) is 4.79 Å². The number of hydrogen-bond acceptors (Lipinski definition) is 2. The van der Waals surface area contributed by atoms with E-state index in [2.05, 4.69) is 5.32 Å². The lowest BCUT2D eigenvalue weighted by Gasteiger charge is -2.08. The second-order valence-electron chi connectivity index (χ2n) is 3.65. The molecular formula is C11H11NO3. The summed E-state index contributed by atoms with van der Waals surface area (Å²) in [4.78, 5) is 21.3. The van der Waals surface area contributed by atoms with E-state index in [0.29, 0.717) is 0 Å². The molecule has 0 aromatic heterocycles. The molecule has 0 heterocycles. The first-order valence-corrected chi connectivity index (χ1v) is 4.77. The van der Waals surface area contributed by atoms with Gasteiger partial charge < -0.3 is 10.4 Å². The normalized spacial score (nSPS) is 14.7. The fourth-order valence-electron chi connectivity index (χ4n) is 1.91. The molecule has 1 aliphatic rings. The minimum Gasteiger partial charge on any atom is -0.474 e. The summed E-state index contributed by atoms with van der Waals surface area (Å²) < 4.78 is 0. The average Bonchev–Trinajstić information content (AvgIpc) is 2.59. The van der Waals surface area contributed by atoms with Crippen LogP contribution in [0.2, 0.25) is 0 Å². The number of aliphatic carboxylic acids is 1. The van der Waals surface area contributed by atoms with Gasteiger partial charge in [0.15, 0.2) is 0 Å². The topological polar surface area (TPSA) is 66.4 Å². The van der Waals surface area contributed by atoms with Gasteiger partial charge in [-0.05, 0) is 24.0 Å². The third-order valence-corrected chi connectivity index (χ3v) is 2.58. The molecule has 0 bridgehead atoms. The number of benzene rings is 1. The molecule has 2 rings (SSSR count). The van der Waals surface area contributed by atoms with Crippen LogP contribution in [0.4, 0.5) is 0 Å². The number of nitrogens with one attached hydrogen (secondary N) is 1. The highest BCUT2D eigenvalue weighted by Crippen LogP contribution is 2.21. The summed E-state index contributed by atoms with van der Waals surface area (Å²) in [6.07, 6.45) is 1.43. The van der Waals surface area contributed by atoms with Crippen molar-refractivity contribution in [1.29, 1.82) is 0 Å². The maximum atomic E-state index is 10.9. The SMILES string of the molecule is O=C(O)C(=O)NC1Cc2ccccc2C1. The zero-order valence-corrected chi connectivity index (χ0v) is 8.06. The van der Waals surface area contributed by atoms with E-state index in [1.54, 1.807) is 0 Å². The highest BCUT2D eigenvalue weighted by Gasteiger charge is 2.24. The molecule has 0 fully saturated rings. The summed E-state index contributed by atoms with van der Waals surface area (Å²) >= 11 is 0. The molecule has 0 aliphatic heterocycles. The van der Waals surface area contributed by atoms with Crippen LogP contribution < -0.4 is 5.32 Å². The molecule has 0 spiro atoms. The highest BCUT2D eigenvalue weighted by molar-refractivity contribution is 6.31. The monoisotopic (exact) mass is 205 g/mol. The molecule has 0 unspecified atom stereocenters. The van der Waals surface area contributed by atoms with Crippen LogP contribution >= 0.6 is 0 Å². The number of rotatable bonds is 1. The van der Waals surface area contributed by atoms with E-state index in [4.69, 9.17) is 5.11 Å². The molecule has 1 aromatic carbocycles. The van der Waals surface area contributed by atoms with Crippen LogP contribution in [0.15, 0.2) is 24.3 Å². The number of carboxylic acids is 1. The maximum Gasteiger partial charge on any atom is 0.394 e. The first-order chi connectivity index (χ1) is 7.16. The zero-order chi connectivity index (χ0) is 10.8. The van der Waals surface area contributed by atoms with Crippen molar-refractivity contribution < 1.29 is 14.7 Å². The van der Waals surface area contributed by atoms with Gasteiger partial charge in [0, 0.05) is 6.04 Å². The predicted molar refractivity (Wildman–Crippen MR) is 53.4 cm³/mol. The lowest BCUT2D eigenvalue weighted by atomic mass is 10.1. The first kappa shape index (κ1) is 9.71. The fourth-order valence-corrected chi connectivity index (χ4v) is 1.91. The minimum atomic E-state index is -1.43. The van der Waals surface area contributed by atoms with E-state index in [1.165, 1.54) is 11.1 Å². The maximum absolute atomic E-state index is 10.9. The first-order valence-electron chi connectivity index (χ1n) is 4.77. The van der Waals surface area contributed by atoms with Crippen LogP contribution in [0, 0.1) is 0 Å². The van der Waals surface area contributed by atoms with E-state index in [1.807, 2.05) is 24.3 Å². The molecule has 0 atom stereocenters.